The second kappa shape index (κ2) is 22.9. The van der Waals surface area contributed by atoms with Crippen LogP contribution in [0.5, 0.6) is 0 Å². The molecule has 0 saturated heterocycles. The maximum atomic E-state index is 4.94. The highest BCUT2D eigenvalue weighted by molar-refractivity contribution is 8.01. The van der Waals surface area contributed by atoms with Gasteiger partial charge < -0.3 is 14.7 Å². The first kappa shape index (κ1) is 51.2. The van der Waals surface area contributed by atoms with Crippen LogP contribution in [0.4, 0.5) is 17.1 Å². The van der Waals surface area contributed by atoms with Crippen molar-refractivity contribution >= 4 is 69.1 Å². The molecule has 6 aromatic rings. The summed E-state index contributed by atoms with van der Waals surface area (Å²) in [4.78, 5) is 41.5. The van der Waals surface area contributed by atoms with E-state index < -0.39 is 0 Å². The van der Waals surface area contributed by atoms with Crippen LogP contribution in [0.2, 0.25) is 0 Å². The number of hydrogen-bond acceptors (Lipinski definition) is 12. The Hall–Kier alpha value is -6.21. The first-order chi connectivity index (χ1) is 38.5. The van der Waals surface area contributed by atoms with Gasteiger partial charge in [0.15, 0.2) is 0 Å². The molecule has 9 nitrogen and oxygen atoms in total. The first-order valence-corrected chi connectivity index (χ1v) is 31.5. The van der Waals surface area contributed by atoms with Crippen LogP contribution in [0, 0.1) is 0 Å². The Labute approximate surface area is 474 Å². The van der Waals surface area contributed by atoms with E-state index in [1.165, 1.54) is 89.5 Å². The van der Waals surface area contributed by atoms with Crippen LogP contribution in [0.15, 0.2) is 161 Å². The van der Waals surface area contributed by atoms with E-state index in [2.05, 4.69) is 163 Å². The Morgan fingerprint density at radius 3 is 0.974 bits per heavy atom. The number of hydrogen-bond donors (Lipinski definition) is 0. The second-order valence-electron chi connectivity index (χ2n) is 21.8. The number of anilines is 3. The van der Waals surface area contributed by atoms with Crippen molar-refractivity contribution in [3.05, 3.63) is 164 Å². The molecule has 6 atom stereocenters. The van der Waals surface area contributed by atoms with E-state index in [1.807, 2.05) is 35.3 Å². The van der Waals surface area contributed by atoms with Crippen LogP contribution < -0.4 is 14.7 Å². The van der Waals surface area contributed by atoms with Gasteiger partial charge in [0, 0.05) is 51.0 Å². The average molecular weight is 1080 g/mol. The maximum Gasteiger partial charge on any atom is 0.116 e. The third kappa shape index (κ3) is 10.2. The molecule has 0 N–H and O–H groups in total. The topological polar surface area (TPSA) is 87.1 Å². The summed E-state index contributed by atoms with van der Waals surface area (Å²) in [6.07, 6.45) is 41.5. The van der Waals surface area contributed by atoms with Crippen molar-refractivity contribution in [2.75, 3.05) is 34.3 Å². The Kier molecular flexibility index (Phi) is 15.0. The SMILES string of the molecule is CCCCCCN1c2ccc3cc2SC2C=C(C=CC21)c1cc(ncn1)-c1ccc2c(c1)SC1C=C(C=CC1N2CCCCCC)c1cc(ncn1)-c1ccc2c(c1)SC1C=C(C=CC1N2CCCCCC)c1cc-3ncn1. The van der Waals surface area contributed by atoms with Gasteiger partial charge in [-0.1, -0.05) is 151 Å². The highest BCUT2D eigenvalue weighted by atomic mass is 32.2. The number of unbranched alkanes of at least 4 members (excludes halogenated alkanes) is 9. The summed E-state index contributed by atoms with van der Waals surface area (Å²) in [5, 5.41) is 0.618. The van der Waals surface area contributed by atoms with Crippen molar-refractivity contribution in [1.82, 2.24) is 29.9 Å². The highest BCUT2D eigenvalue weighted by Crippen LogP contribution is 2.50. The number of nitrogens with zero attached hydrogens (tertiary/aromatic N) is 9. The number of rotatable bonds is 15. The molecule has 0 amide bonds. The van der Waals surface area contributed by atoms with Crippen LogP contribution in [0.3, 0.4) is 0 Å². The Morgan fingerprint density at radius 1 is 0.359 bits per heavy atom. The Balaban J connectivity index is 0.919. The fourth-order valence-corrected chi connectivity index (χ4v) is 16.6. The van der Waals surface area contributed by atoms with Crippen molar-refractivity contribution in [3.63, 3.8) is 0 Å². The molecule has 78 heavy (non-hydrogen) atoms. The number of aromatic nitrogens is 6. The number of allylic oxidation sites excluding steroid dienone is 6. The van der Waals surface area contributed by atoms with Crippen molar-refractivity contribution in [2.24, 2.45) is 0 Å². The zero-order valence-corrected chi connectivity index (χ0v) is 47.6. The van der Waals surface area contributed by atoms with Crippen LogP contribution >= 0.6 is 35.3 Å². The molecule has 6 unspecified atom stereocenters. The molecule has 3 aromatic carbocycles. The largest absolute Gasteiger partial charge is 0.363 e. The molecule has 0 fully saturated rings. The van der Waals surface area contributed by atoms with Crippen LogP contribution in [0.25, 0.3) is 50.5 Å². The maximum absolute atomic E-state index is 4.94. The van der Waals surface area contributed by atoms with Gasteiger partial charge in [-0.2, -0.15) is 0 Å². The standard InChI is InChI=1S/C66H69N9S3/c1-4-7-10-13-28-73-55-22-16-43-31-61(55)76-62-32-44(17-23-56(62)73)50-38-52(70-41-68-50)46-19-25-58-64(34-46)78-66-36-48(21-27-60(66)75(58)30-15-12-9-6-3)54-39-53(71-42-72-54)47-20-26-59-65(35-47)77-63-33-45(51-37-49(43)67-40-69-51)18-24-57(63)74(59)29-14-11-8-5-2/h16-27,31-42,55,58-59,61,64-65H,4-15,28-30H2,1-3H3. The summed E-state index contributed by atoms with van der Waals surface area (Å²) in [6.45, 7) is 9.93. The quantitative estimate of drug-likeness (QED) is 0.0918. The van der Waals surface area contributed by atoms with Gasteiger partial charge in [-0.3, -0.25) is 0 Å². The molecule has 0 saturated carbocycles. The Morgan fingerprint density at radius 2 is 0.667 bits per heavy atom. The lowest BCUT2D eigenvalue weighted by molar-refractivity contribution is 0.608. The normalized spacial score (nSPS) is 21.9. The van der Waals surface area contributed by atoms with Crippen molar-refractivity contribution in [2.45, 2.75) is 146 Å². The van der Waals surface area contributed by atoms with Gasteiger partial charge >= 0.3 is 0 Å². The summed E-state index contributed by atoms with van der Waals surface area (Å²) in [5.74, 6) is 0. The van der Waals surface area contributed by atoms with Crippen molar-refractivity contribution in [3.8, 4) is 33.8 Å². The van der Waals surface area contributed by atoms with E-state index in [1.54, 1.807) is 19.0 Å². The molecular formula is C66H69N9S3. The summed E-state index contributed by atoms with van der Waals surface area (Å²) in [5.41, 5.74) is 16.3. The van der Waals surface area contributed by atoms with E-state index in [0.717, 1.165) is 106 Å². The summed E-state index contributed by atoms with van der Waals surface area (Å²) < 4.78 is 0. The summed E-state index contributed by atoms with van der Waals surface area (Å²) in [7, 11) is 0. The van der Waals surface area contributed by atoms with Crippen LogP contribution in [0.1, 0.15) is 115 Å². The molecule has 7 heterocycles. The van der Waals surface area contributed by atoms with E-state index >= 15 is 0 Å². The molecule has 7 aliphatic rings. The second-order valence-corrected chi connectivity index (χ2v) is 25.5. The summed E-state index contributed by atoms with van der Waals surface area (Å²) in [6, 6.07) is 28.3. The molecular weight excluding hydrogens is 1010 g/mol. The minimum Gasteiger partial charge on any atom is -0.363 e. The van der Waals surface area contributed by atoms with Gasteiger partial charge in [-0.25, -0.2) is 29.9 Å². The molecule has 3 aliphatic carbocycles. The lowest BCUT2D eigenvalue weighted by atomic mass is 9.95. The zero-order chi connectivity index (χ0) is 52.5. The highest BCUT2D eigenvalue weighted by Gasteiger charge is 2.38. The van der Waals surface area contributed by atoms with Crippen LogP contribution in [-0.2, 0) is 0 Å². The molecule has 396 valence electrons. The summed E-state index contributed by atoms with van der Waals surface area (Å²) >= 11 is 5.90. The van der Waals surface area contributed by atoms with Gasteiger partial charge in [0.05, 0.1) is 85.1 Å². The van der Waals surface area contributed by atoms with E-state index in [9.17, 15) is 0 Å². The number of benzene rings is 3. The van der Waals surface area contributed by atoms with Crippen LogP contribution in [-0.4, -0.2) is 83.4 Å². The van der Waals surface area contributed by atoms with Gasteiger partial charge in [-0.05, 0) is 90.6 Å². The van der Waals surface area contributed by atoms with E-state index in [-0.39, 0.29) is 33.9 Å². The molecule has 18 bridgehead atoms. The smallest absolute Gasteiger partial charge is 0.116 e. The lowest BCUT2D eigenvalue weighted by Gasteiger charge is -2.43. The first-order valence-electron chi connectivity index (χ1n) is 28.9. The van der Waals surface area contributed by atoms with Gasteiger partial charge in [0.1, 0.15) is 19.0 Å². The average Bonchev–Trinajstić information content (AvgIpc) is 3.54. The molecule has 0 radical (unpaired) electrons. The van der Waals surface area contributed by atoms with E-state index in [4.69, 9.17) is 29.9 Å². The van der Waals surface area contributed by atoms with Gasteiger partial charge in [0.2, 0.25) is 0 Å². The minimum absolute atomic E-state index is 0.206. The lowest BCUT2D eigenvalue weighted by Crippen LogP contribution is -2.45. The molecule has 4 aliphatic heterocycles. The third-order valence-electron chi connectivity index (χ3n) is 16.7. The predicted octanol–water partition coefficient (Wildman–Crippen LogP) is 16.0. The minimum atomic E-state index is 0.206. The fourth-order valence-electron chi connectivity index (χ4n) is 12.5. The monoisotopic (exact) mass is 1080 g/mol. The van der Waals surface area contributed by atoms with Gasteiger partial charge in [-0.15, -0.1) is 35.3 Å². The fraction of sp³-hybridized carbons (Fsp3) is 0.364. The molecule has 13 rings (SSSR count). The predicted molar refractivity (Wildman–Crippen MR) is 329 cm³/mol. The number of thioether (sulfide) groups is 3. The zero-order valence-electron chi connectivity index (χ0n) is 45.2. The Bertz CT molecular complexity index is 3060. The van der Waals surface area contributed by atoms with Gasteiger partial charge in [0.25, 0.3) is 0 Å². The number of fused-ring (bicyclic) bond motifs is 15. The van der Waals surface area contributed by atoms with E-state index in [0.29, 0.717) is 0 Å². The van der Waals surface area contributed by atoms with Crippen molar-refractivity contribution < 1.29 is 0 Å². The molecule has 3 aromatic heterocycles. The van der Waals surface area contributed by atoms with Crippen molar-refractivity contribution in [1.29, 1.82) is 0 Å². The molecule has 12 heteroatoms. The third-order valence-corrected chi connectivity index (χ3v) is 20.5. The molecule has 0 spiro atoms.